The van der Waals surface area contributed by atoms with Gasteiger partial charge in [0.15, 0.2) is 0 Å². The highest BCUT2D eigenvalue weighted by Crippen LogP contribution is 2.19. The normalized spacial score (nSPS) is 14.5. The van der Waals surface area contributed by atoms with Crippen molar-refractivity contribution in [2.24, 2.45) is 0 Å². The molecular formula is C8H16N4O. The zero-order chi connectivity index (χ0) is 10.1. The van der Waals surface area contributed by atoms with Crippen LogP contribution in [0.1, 0.15) is 33.2 Å². The van der Waals surface area contributed by atoms with Gasteiger partial charge >= 0.3 is 0 Å². The fourth-order valence-electron chi connectivity index (χ4n) is 1.32. The summed E-state index contributed by atoms with van der Waals surface area (Å²) in [6, 6.07) is 0.102. The number of nitrogens with two attached hydrogens (primary N) is 1. The van der Waals surface area contributed by atoms with E-state index in [4.69, 9.17) is 5.73 Å². The largest absolute Gasteiger partial charge is 0.390 e. The lowest BCUT2D eigenvalue weighted by Gasteiger charge is -2.21. The first-order valence-electron chi connectivity index (χ1n) is 4.27. The molecule has 0 saturated heterocycles. The predicted molar refractivity (Wildman–Crippen MR) is 50.1 cm³/mol. The molecule has 0 spiro atoms. The van der Waals surface area contributed by atoms with Gasteiger partial charge in [-0.15, -0.1) is 5.10 Å². The van der Waals surface area contributed by atoms with Crippen LogP contribution in [0.5, 0.6) is 0 Å². The van der Waals surface area contributed by atoms with Crippen molar-refractivity contribution in [2.45, 2.75) is 38.8 Å². The van der Waals surface area contributed by atoms with Crippen LogP contribution in [-0.4, -0.2) is 25.5 Å². The molecule has 0 amide bonds. The van der Waals surface area contributed by atoms with Crippen LogP contribution >= 0.6 is 0 Å². The molecule has 0 aliphatic heterocycles. The van der Waals surface area contributed by atoms with Gasteiger partial charge in [-0.1, -0.05) is 0 Å². The van der Waals surface area contributed by atoms with E-state index in [1.807, 2.05) is 6.92 Å². The number of hydrogen-bond donors (Lipinski definition) is 2. The Bertz CT molecular complexity index is 276. The van der Waals surface area contributed by atoms with E-state index in [-0.39, 0.29) is 12.0 Å². The van der Waals surface area contributed by atoms with Crippen LogP contribution < -0.4 is 5.73 Å². The molecule has 3 N–H and O–H groups in total. The number of rotatable bonds is 3. The molecule has 13 heavy (non-hydrogen) atoms. The van der Waals surface area contributed by atoms with Crippen LogP contribution in [-0.2, 0) is 0 Å². The van der Waals surface area contributed by atoms with E-state index < -0.39 is 5.60 Å². The van der Waals surface area contributed by atoms with Gasteiger partial charge in [-0.2, -0.15) is 0 Å². The summed E-state index contributed by atoms with van der Waals surface area (Å²) in [5, 5.41) is 13.5. The molecule has 0 bridgehead atoms. The monoisotopic (exact) mass is 184 g/mol. The molecule has 1 aromatic rings. The Morgan fingerprint density at radius 2 is 2.31 bits per heavy atom. The number of hydrogen-bond acceptors (Lipinski definition) is 4. The van der Waals surface area contributed by atoms with Crippen LogP contribution in [0.15, 0.2) is 6.33 Å². The van der Waals surface area contributed by atoms with Gasteiger partial charge < -0.3 is 10.8 Å². The summed E-state index contributed by atoms with van der Waals surface area (Å²) in [6.45, 7) is 5.50. The van der Waals surface area contributed by atoms with Crippen molar-refractivity contribution in [1.29, 1.82) is 0 Å². The maximum Gasteiger partial charge on any atom is 0.239 e. The van der Waals surface area contributed by atoms with E-state index >= 15 is 0 Å². The van der Waals surface area contributed by atoms with Gasteiger partial charge in [-0.05, 0) is 27.2 Å². The molecule has 0 aromatic carbocycles. The first kappa shape index (κ1) is 9.98. The molecule has 0 saturated carbocycles. The summed E-state index contributed by atoms with van der Waals surface area (Å²) in [7, 11) is 0. The van der Waals surface area contributed by atoms with Crippen molar-refractivity contribution in [1.82, 2.24) is 14.8 Å². The average molecular weight is 184 g/mol. The second-order valence-corrected chi connectivity index (χ2v) is 3.95. The van der Waals surface area contributed by atoms with E-state index in [0.29, 0.717) is 6.42 Å². The number of anilines is 1. The fraction of sp³-hybridized carbons (Fsp3) is 0.750. The maximum atomic E-state index is 9.56. The Hall–Kier alpha value is -1.10. The van der Waals surface area contributed by atoms with Crippen molar-refractivity contribution in [3.8, 4) is 0 Å². The smallest absolute Gasteiger partial charge is 0.239 e. The summed E-state index contributed by atoms with van der Waals surface area (Å²) in [4.78, 5) is 3.82. The highest BCUT2D eigenvalue weighted by atomic mass is 16.3. The van der Waals surface area contributed by atoms with Gasteiger partial charge in [0.05, 0.1) is 11.6 Å². The zero-order valence-electron chi connectivity index (χ0n) is 8.23. The molecule has 0 fully saturated rings. The van der Waals surface area contributed by atoms with Gasteiger partial charge in [-0.25, -0.2) is 9.67 Å². The van der Waals surface area contributed by atoms with Crippen LogP contribution in [0.4, 0.5) is 5.95 Å². The molecule has 1 heterocycles. The van der Waals surface area contributed by atoms with Gasteiger partial charge in [-0.3, -0.25) is 0 Å². The lowest BCUT2D eigenvalue weighted by atomic mass is 10.0. The van der Waals surface area contributed by atoms with Crippen molar-refractivity contribution in [2.75, 3.05) is 5.73 Å². The van der Waals surface area contributed by atoms with Crippen LogP contribution in [0.3, 0.4) is 0 Å². The van der Waals surface area contributed by atoms with E-state index in [0.717, 1.165) is 0 Å². The molecule has 74 valence electrons. The Morgan fingerprint density at radius 3 is 2.69 bits per heavy atom. The van der Waals surface area contributed by atoms with E-state index in [1.165, 1.54) is 0 Å². The lowest BCUT2D eigenvalue weighted by Crippen LogP contribution is -2.24. The number of nitrogens with zero attached hydrogens (tertiary/aromatic N) is 3. The van der Waals surface area contributed by atoms with E-state index in [2.05, 4.69) is 10.1 Å². The SMILES string of the molecule is CC(CC(C)(C)O)n1cnc(N)n1. The second-order valence-electron chi connectivity index (χ2n) is 3.95. The summed E-state index contributed by atoms with van der Waals surface area (Å²) in [6.07, 6.45) is 2.20. The van der Waals surface area contributed by atoms with Gasteiger partial charge in [0.1, 0.15) is 6.33 Å². The van der Waals surface area contributed by atoms with Crippen LogP contribution in [0.25, 0.3) is 0 Å². The number of aromatic nitrogens is 3. The first-order chi connectivity index (χ1) is 5.88. The first-order valence-corrected chi connectivity index (χ1v) is 4.27. The van der Waals surface area contributed by atoms with Gasteiger partial charge in [0.2, 0.25) is 5.95 Å². The van der Waals surface area contributed by atoms with Crippen LogP contribution in [0.2, 0.25) is 0 Å². The topological polar surface area (TPSA) is 77.0 Å². The number of nitrogen functional groups attached to an aromatic ring is 1. The molecule has 0 aliphatic carbocycles. The molecule has 1 aromatic heterocycles. The Labute approximate surface area is 77.6 Å². The lowest BCUT2D eigenvalue weighted by molar-refractivity contribution is 0.0552. The molecule has 5 heteroatoms. The summed E-state index contributed by atoms with van der Waals surface area (Å²) in [5.41, 5.74) is 4.68. The van der Waals surface area contributed by atoms with E-state index in [9.17, 15) is 5.11 Å². The molecule has 0 radical (unpaired) electrons. The van der Waals surface area contributed by atoms with Crippen molar-refractivity contribution >= 4 is 5.95 Å². The Balaban J connectivity index is 2.64. The highest BCUT2D eigenvalue weighted by Gasteiger charge is 2.18. The van der Waals surface area contributed by atoms with E-state index in [1.54, 1.807) is 24.9 Å². The Morgan fingerprint density at radius 1 is 1.69 bits per heavy atom. The quantitative estimate of drug-likeness (QED) is 0.720. The van der Waals surface area contributed by atoms with Crippen molar-refractivity contribution < 1.29 is 5.11 Å². The third-order valence-electron chi connectivity index (χ3n) is 1.77. The molecule has 1 atom stereocenters. The summed E-state index contributed by atoms with van der Waals surface area (Å²) < 4.78 is 1.66. The minimum absolute atomic E-state index is 0.102. The number of aliphatic hydroxyl groups is 1. The van der Waals surface area contributed by atoms with Crippen molar-refractivity contribution in [3.05, 3.63) is 6.33 Å². The van der Waals surface area contributed by atoms with Crippen molar-refractivity contribution in [3.63, 3.8) is 0 Å². The second kappa shape index (κ2) is 3.33. The molecule has 0 aliphatic rings. The minimum atomic E-state index is -0.694. The third kappa shape index (κ3) is 3.02. The summed E-state index contributed by atoms with van der Waals surface area (Å²) >= 11 is 0. The van der Waals surface area contributed by atoms with Gasteiger partial charge in [0, 0.05) is 0 Å². The zero-order valence-corrected chi connectivity index (χ0v) is 8.23. The Kier molecular flexibility index (Phi) is 2.56. The maximum absolute atomic E-state index is 9.56. The molecular weight excluding hydrogens is 168 g/mol. The minimum Gasteiger partial charge on any atom is -0.390 e. The predicted octanol–water partition coefficient (Wildman–Crippen LogP) is 0.582. The highest BCUT2D eigenvalue weighted by molar-refractivity contribution is 5.09. The van der Waals surface area contributed by atoms with Crippen LogP contribution in [0, 0.1) is 0 Å². The fourth-order valence-corrected chi connectivity index (χ4v) is 1.32. The molecule has 1 rings (SSSR count). The molecule has 5 nitrogen and oxygen atoms in total. The molecule has 1 unspecified atom stereocenters. The van der Waals surface area contributed by atoms with Gasteiger partial charge in [0.25, 0.3) is 0 Å². The summed E-state index contributed by atoms with van der Waals surface area (Å²) in [5.74, 6) is 0.266. The standard InChI is InChI=1S/C8H16N4O/c1-6(4-8(2,3)13)12-5-10-7(9)11-12/h5-6,13H,4H2,1-3H3,(H2,9,11). The average Bonchev–Trinajstić information content (AvgIpc) is 2.31. The third-order valence-corrected chi connectivity index (χ3v) is 1.77.